The first kappa shape index (κ1) is 19.0. The normalized spacial score (nSPS) is 10.6. The van der Waals surface area contributed by atoms with Crippen LogP contribution in [0.2, 0.25) is 0 Å². The van der Waals surface area contributed by atoms with Crippen LogP contribution in [0.25, 0.3) is 10.9 Å². The maximum atomic E-state index is 12.5. The number of nitrogens with one attached hydrogen (secondary N) is 2. The van der Waals surface area contributed by atoms with Gasteiger partial charge in [-0.05, 0) is 30.7 Å². The number of para-hydroxylation sites is 1. The highest BCUT2D eigenvalue weighted by Gasteiger charge is 2.09. The minimum absolute atomic E-state index is 0.0171. The van der Waals surface area contributed by atoms with Crippen LogP contribution in [0.5, 0.6) is 0 Å². The summed E-state index contributed by atoms with van der Waals surface area (Å²) in [7, 11) is 0. The molecule has 1 amide bonds. The second-order valence-corrected chi connectivity index (χ2v) is 6.23. The molecule has 9 nitrogen and oxygen atoms in total. The Bertz CT molecular complexity index is 1080. The fraction of sp³-hybridized carbons (Fsp3) is 0.211. The fourth-order valence-corrected chi connectivity index (χ4v) is 2.77. The minimum Gasteiger partial charge on any atom is -0.383 e. The molecule has 0 fully saturated rings. The van der Waals surface area contributed by atoms with Crippen LogP contribution in [0.15, 0.2) is 53.6 Å². The number of nitrogens with zero attached hydrogens (tertiary/aromatic N) is 3. The van der Waals surface area contributed by atoms with Crippen molar-refractivity contribution in [1.82, 2.24) is 14.9 Å². The summed E-state index contributed by atoms with van der Waals surface area (Å²) in [4.78, 5) is 39.0. The molecule has 28 heavy (non-hydrogen) atoms. The van der Waals surface area contributed by atoms with Gasteiger partial charge in [0.25, 0.3) is 11.2 Å². The van der Waals surface area contributed by atoms with Gasteiger partial charge in [-0.3, -0.25) is 24.3 Å². The van der Waals surface area contributed by atoms with Gasteiger partial charge in [0.2, 0.25) is 5.91 Å². The molecule has 0 spiro atoms. The van der Waals surface area contributed by atoms with E-state index in [0.717, 1.165) is 5.56 Å². The van der Waals surface area contributed by atoms with Crippen molar-refractivity contribution in [2.45, 2.75) is 13.5 Å². The molecule has 0 saturated heterocycles. The van der Waals surface area contributed by atoms with E-state index in [2.05, 4.69) is 15.6 Å². The van der Waals surface area contributed by atoms with Crippen LogP contribution in [0, 0.1) is 17.0 Å². The van der Waals surface area contributed by atoms with Gasteiger partial charge in [0, 0.05) is 30.9 Å². The van der Waals surface area contributed by atoms with E-state index >= 15 is 0 Å². The van der Waals surface area contributed by atoms with Crippen molar-refractivity contribution in [2.75, 3.05) is 18.4 Å². The summed E-state index contributed by atoms with van der Waals surface area (Å²) >= 11 is 0. The van der Waals surface area contributed by atoms with Gasteiger partial charge in [0.05, 0.1) is 22.2 Å². The van der Waals surface area contributed by atoms with Crippen LogP contribution in [-0.4, -0.2) is 33.5 Å². The summed E-state index contributed by atoms with van der Waals surface area (Å²) in [6, 6.07) is 11.4. The quantitative estimate of drug-likeness (QED) is 0.366. The third kappa shape index (κ3) is 4.32. The Morgan fingerprint density at radius 1 is 1.18 bits per heavy atom. The SMILES string of the molecule is Cc1cccc2c(=O)n(CC(=O)NCCNc3ccc([N+](=O)[O-])cc3)cnc12. The maximum absolute atomic E-state index is 12.5. The molecule has 0 saturated carbocycles. The summed E-state index contributed by atoms with van der Waals surface area (Å²) in [5.74, 6) is -0.304. The van der Waals surface area contributed by atoms with Gasteiger partial charge in [-0.25, -0.2) is 4.98 Å². The van der Waals surface area contributed by atoms with E-state index in [4.69, 9.17) is 0 Å². The van der Waals surface area contributed by atoms with Crippen LogP contribution in [0.1, 0.15) is 5.56 Å². The predicted octanol–water partition coefficient (Wildman–Crippen LogP) is 1.84. The van der Waals surface area contributed by atoms with E-state index < -0.39 is 4.92 Å². The topological polar surface area (TPSA) is 119 Å². The van der Waals surface area contributed by atoms with Gasteiger partial charge in [0.1, 0.15) is 6.54 Å². The number of aromatic nitrogens is 2. The summed E-state index contributed by atoms with van der Waals surface area (Å²) < 4.78 is 1.28. The number of non-ortho nitro benzene ring substituents is 1. The van der Waals surface area contributed by atoms with Gasteiger partial charge in [-0.2, -0.15) is 0 Å². The molecular formula is C19H19N5O4. The minimum atomic E-state index is -0.463. The van der Waals surface area contributed by atoms with E-state index in [1.54, 1.807) is 24.3 Å². The molecule has 9 heteroatoms. The van der Waals surface area contributed by atoms with Crippen LogP contribution in [0.3, 0.4) is 0 Å². The second kappa shape index (κ2) is 8.30. The molecular weight excluding hydrogens is 362 g/mol. The maximum Gasteiger partial charge on any atom is 0.269 e. The standard InChI is InChI=1S/C19H19N5O4/c1-13-3-2-4-16-18(13)22-12-23(19(16)26)11-17(25)21-10-9-20-14-5-7-15(8-6-14)24(27)28/h2-8,12,20H,9-11H2,1H3,(H,21,25). The van der Waals surface area contributed by atoms with Crippen molar-refractivity contribution in [3.8, 4) is 0 Å². The molecule has 0 atom stereocenters. The largest absolute Gasteiger partial charge is 0.383 e. The lowest BCUT2D eigenvalue weighted by atomic mass is 10.1. The Morgan fingerprint density at radius 2 is 1.93 bits per heavy atom. The van der Waals surface area contributed by atoms with Crippen LogP contribution < -0.4 is 16.2 Å². The van der Waals surface area contributed by atoms with Crippen molar-refractivity contribution in [3.05, 3.63) is 74.8 Å². The highest BCUT2D eigenvalue weighted by molar-refractivity contribution is 5.81. The molecule has 0 unspecified atom stereocenters. The van der Waals surface area contributed by atoms with Crippen LogP contribution >= 0.6 is 0 Å². The number of amides is 1. The third-order valence-corrected chi connectivity index (χ3v) is 4.22. The van der Waals surface area contributed by atoms with Crippen molar-refractivity contribution in [3.63, 3.8) is 0 Å². The zero-order valence-corrected chi connectivity index (χ0v) is 15.2. The lowest BCUT2D eigenvalue weighted by Gasteiger charge is -2.10. The zero-order chi connectivity index (χ0) is 20.1. The number of hydrogen-bond donors (Lipinski definition) is 2. The summed E-state index contributed by atoms with van der Waals surface area (Å²) in [6.45, 7) is 2.54. The summed E-state index contributed by atoms with van der Waals surface area (Å²) in [5.41, 5.74) is 2.02. The Labute approximate surface area is 160 Å². The molecule has 1 heterocycles. The number of aryl methyl sites for hydroxylation is 1. The lowest BCUT2D eigenvalue weighted by Crippen LogP contribution is -2.34. The smallest absolute Gasteiger partial charge is 0.269 e. The van der Waals surface area contributed by atoms with E-state index in [0.29, 0.717) is 29.7 Å². The summed E-state index contributed by atoms with van der Waals surface area (Å²) in [6.07, 6.45) is 1.38. The fourth-order valence-electron chi connectivity index (χ4n) is 2.77. The second-order valence-electron chi connectivity index (χ2n) is 6.23. The molecule has 2 N–H and O–H groups in total. The number of nitro benzene ring substituents is 1. The van der Waals surface area contributed by atoms with Gasteiger partial charge in [-0.15, -0.1) is 0 Å². The lowest BCUT2D eigenvalue weighted by molar-refractivity contribution is -0.384. The molecule has 0 aliphatic carbocycles. The average Bonchev–Trinajstić information content (AvgIpc) is 2.68. The molecule has 3 aromatic rings. The van der Waals surface area contributed by atoms with Gasteiger partial charge in [-0.1, -0.05) is 12.1 Å². The van der Waals surface area contributed by atoms with Gasteiger partial charge < -0.3 is 10.6 Å². The van der Waals surface area contributed by atoms with Crippen LogP contribution in [-0.2, 0) is 11.3 Å². The first-order chi connectivity index (χ1) is 13.5. The van der Waals surface area contributed by atoms with E-state index in [-0.39, 0.29) is 23.7 Å². The van der Waals surface area contributed by atoms with E-state index in [9.17, 15) is 19.7 Å². The highest BCUT2D eigenvalue weighted by Crippen LogP contribution is 2.15. The first-order valence-electron chi connectivity index (χ1n) is 8.65. The molecule has 0 bridgehead atoms. The van der Waals surface area contributed by atoms with Gasteiger partial charge >= 0.3 is 0 Å². The Morgan fingerprint density at radius 3 is 2.64 bits per heavy atom. The zero-order valence-electron chi connectivity index (χ0n) is 15.2. The highest BCUT2D eigenvalue weighted by atomic mass is 16.6. The Hall–Kier alpha value is -3.75. The third-order valence-electron chi connectivity index (χ3n) is 4.22. The predicted molar refractivity (Wildman–Crippen MR) is 105 cm³/mol. The molecule has 2 aromatic carbocycles. The number of carbonyl (C=O) groups is 1. The number of hydrogen-bond acceptors (Lipinski definition) is 6. The average molecular weight is 381 g/mol. The number of nitro groups is 1. The molecule has 0 aliphatic heterocycles. The first-order valence-corrected chi connectivity index (χ1v) is 8.65. The van der Waals surface area contributed by atoms with Crippen molar-refractivity contribution in [1.29, 1.82) is 0 Å². The van der Waals surface area contributed by atoms with Crippen molar-refractivity contribution < 1.29 is 9.72 Å². The Kier molecular flexibility index (Phi) is 5.64. The number of fused-ring (bicyclic) bond motifs is 1. The summed E-state index contributed by atoms with van der Waals surface area (Å²) in [5, 5.41) is 16.9. The number of benzene rings is 2. The van der Waals surface area contributed by atoms with E-state index in [1.165, 1.54) is 23.0 Å². The Balaban J connectivity index is 1.52. The van der Waals surface area contributed by atoms with Crippen molar-refractivity contribution in [2.24, 2.45) is 0 Å². The van der Waals surface area contributed by atoms with E-state index in [1.807, 2.05) is 13.0 Å². The number of anilines is 1. The molecule has 144 valence electrons. The monoisotopic (exact) mass is 381 g/mol. The van der Waals surface area contributed by atoms with Crippen LogP contribution in [0.4, 0.5) is 11.4 Å². The number of carbonyl (C=O) groups excluding carboxylic acids is 1. The molecule has 0 radical (unpaired) electrons. The molecule has 1 aromatic heterocycles. The molecule has 3 rings (SSSR count). The van der Waals surface area contributed by atoms with Gasteiger partial charge in [0.15, 0.2) is 0 Å². The van der Waals surface area contributed by atoms with Crippen molar-refractivity contribution >= 4 is 28.2 Å². The molecule has 0 aliphatic rings. The number of rotatable bonds is 7.